The molecular formula is C16H17N5O4. The molecule has 0 unspecified atom stereocenters. The molecule has 9 heteroatoms. The number of amides is 4. The van der Waals surface area contributed by atoms with Crippen LogP contribution in [0.2, 0.25) is 0 Å². The van der Waals surface area contributed by atoms with Gasteiger partial charge in [-0.25, -0.2) is 9.78 Å². The van der Waals surface area contributed by atoms with Crippen molar-refractivity contribution in [1.82, 2.24) is 25.1 Å². The van der Waals surface area contributed by atoms with Gasteiger partial charge in [0.15, 0.2) is 5.76 Å². The van der Waals surface area contributed by atoms with E-state index in [1.807, 2.05) is 0 Å². The van der Waals surface area contributed by atoms with Gasteiger partial charge in [-0.1, -0.05) is 0 Å². The maximum atomic E-state index is 12.3. The minimum absolute atomic E-state index is 0.0537. The van der Waals surface area contributed by atoms with Crippen LogP contribution >= 0.6 is 0 Å². The Labute approximate surface area is 143 Å². The smallest absolute Gasteiger partial charge is 0.324 e. The predicted molar refractivity (Wildman–Crippen MR) is 85.9 cm³/mol. The first-order valence-electron chi connectivity index (χ1n) is 7.84. The Morgan fingerprint density at radius 3 is 2.76 bits per heavy atom. The molecule has 0 spiro atoms. The van der Waals surface area contributed by atoms with Crippen LogP contribution in [0, 0.1) is 0 Å². The third-order valence-corrected chi connectivity index (χ3v) is 3.87. The maximum Gasteiger partial charge on any atom is 0.324 e. The Kier molecular flexibility index (Phi) is 4.73. The molecule has 1 aliphatic heterocycles. The Bertz CT molecular complexity index is 790. The average molecular weight is 343 g/mol. The zero-order chi connectivity index (χ0) is 17.8. The van der Waals surface area contributed by atoms with Crippen molar-refractivity contribution in [3.05, 3.63) is 36.5 Å². The number of nitrogens with zero attached hydrogens (tertiary/aromatic N) is 4. The van der Waals surface area contributed by atoms with E-state index < -0.39 is 17.8 Å². The summed E-state index contributed by atoms with van der Waals surface area (Å²) in [4.78, 5) is 46.9. The largest absolute Gasteiger partial charge is 0.463 e. The van der Waals surface area contributed by atoms with E-state index in [-0.39, 0.29) is 13.1 Å². The van der Waals surface area contributed by atoms with Crippen molar-refractivity contribution >= 4 is 17.8 Å². The van der Waals surface area contributed by atoms with Gasteiger partial charge in [0.05, 0.1) is 18.5 Å². The van der Waals surface area contributed by atoms with Gasteiger partial charge in [-0.2, -0.15) is 0 Å². The van der Waals surface area contributed by atoms with Crippen molar-refractivity contribution in [3.8, 4) is 11.5 Å². The lowest BCUT2D eigenvalue weighted by atomic mass is 10.2. The minimum atomic E-state index is -0.823. The number of urea groups is 1. The summed E-state index contributed by atoms with van der Waals surface area (Å²) >= 11 is 0. The van der Waals surface area contributed by atoms with Crippen LogP contribution in [0.1, 0.15) is 12.6 Å². The lowest BCUT2D eigenvalue weighted by molar-refractivity contribution is -0.153. The lowest BCUT2D eigenvalue weighted by Gasteiger charge is -2.31. The number of carbonyl (C=O) groups excluding carboxylic acids is 3. The van der Waals surface area contributed by atoms with Crippen LogP contribution in [0.15, 0.2) is 35.2 Å². The first-order chi connectivity index (χ1) is 12.1. The fourth-order valence-corrected chi connectivity index (χ4v) is 2.54. The highest BCUT2D eigenvalue weighted by Gasteiger charge is 2.35. The summed E-state index contributed by atoms with van der Waals surface area (Å²) in [6.07, 6.45) is 4.54. The molecule has 0 radical (unpaired) electrons. The quantitative estimate of drug-likeness (QED) is 0.816. The molecule has 3 heterocycles. The van der Waals surface area contributed by atoms with Crippen molar-refractivity contribution in [2.24, 2.45) is 0 Å². The summed E-state index contributed by atoms with van der Waals surface area (Å²) < 4.78 is 5.31. The first-order valence-corrected chi connectivity index (χ1v) is 7.84. The minimum Gasteiger partial charge on any atom is -0.463 e. The molecule has 0 aliphatic carbocycles. The third-order valence-electron chi connectivity index (χ3n) is 3.87. The van der Waals surface area contributed by atoms with Crippen LogP contribution in [0.5, 0.6) is 0 Å². The van der Waals surface area contributed by atoms with E-state index in [2.05, 4.69) is 15.3 Å². The number of hydrogen-bond acceptors (Lipinski definition) is 6. The number of carbonyl (C=O) groups is 3. The molecule has 2 aromatic heterocycles. The van der Waals surface area contributed by atoms with Crippen molar-refractivity contribution in [1.29, 1.82) is 0 Å². The van der Waals surface area contributed by atoms with Gasteiger partial charge in [0, 0.05) is 32.0 Å². The van der Waals surface area contributed by atoms with Gasteiger partial charge >= 0.3 is 17.8 Å². The van der Waals surface area contributed by atoms with Crippen molar-refractivity contribution in [3.63, 3.8) is 0 Å². The SMILES string of the molecule is CCN1CCN(C(=O)NCc2nccnc2-c2ccco2)C(=O)C1=O. The zero-order valence-electron chi connectivity index (χ0n) is 13.6. The molecule has 25 heavy (non-hydrogen) atoms. The van der Waals surface area contributed by atoms with E-state index in [1.165, 1.54) is 23.6 Å². The molecular weight excluding hydrogens is 326 g/mol. The normalized spacial score (nSPS) is 14.8. The number of rotatable bonds is 4. The number of piperazine rings is 1. The molecule has 1 aliphatic rings. The second-order valence-corrected chi connectivity index (χ2v) is 5.33. The van der Waals surface area contributed by atoms with Crippen LogP contribution in [0.25, 0.3) is 11.5 Å². The summed E-state index contributed by atoms with van der Waals surface area (Å²) in [7, 11) is 0. The molecule has 130 valence electrons. The second-order valence-electron chi connectivity index (χ2n) is 5.33. The highest BCUT2D eigenvalue weighted by Crippen LogP contribution is 2.19. The molecule has 0 bridgehead atoms. The summed E-state index contributed by atoms with van der Waals surface area (Å²) in [6.45, 7) is 2.77. The van der Waals surface area contributed by atoms with Crippen molar-refractivity contribution in [2.45, 2.75) is 13.5 Å². The van der Waals surface area contributed by atoms with Gasteiger partial charge in [-0.15, -0.1) is 0 Å². The standard InChI is InChI=1S/C16H17N5O4/c1-2-20-7-8-21(15(23)14(20)22)16(24)19-10-11-13(18-6-5-17-11)12-4-3-9-25-12/h3-6,9H,2,7-8,10H2,1H3,(H,19,24). The zero-order valence-corrected chi connectivity index (χ0v) is 13.6. The second kappa shape index (κ2) is 7.12. The molecule has 1 N–H and O–H groups in total. The summed E-state index contributed by atoms with van der Waals surface area (Å²) in [6, 6.07) is 2.83. The van der Waals surface area contributed by atoms with Crippen LogP contribution < -0.4 is 5.32 Å². The number of nitrogens with one attached hydrogen (secondary N) is 1. The van der Waals surface area contributed by atoms with Crippen LogP contribution in [-0.4, -0.2) is 57.2 Å². The van der Waals surface area contributed by atoms with Crippen LogP contribution in [0.4, 0.5) is 4.79 Å². The highest BCUT2D eigenvalue weighted by molar-refractivity contribution is 6.38. The molecule has 0 saturated carbocycles. The monoisotopic (exact) mass is 343 g/mol. The van der Waals surface area contributed by atoms with Crippen LogP contribution in [0.3, 0.4) is 0 Å². The summed E-state index contributed by atoms with van der Waals surface area (Å²) in [5.74, 6) is -0.962. The first kappa shape index (κ1) is 16.6. The van der Waals surface area contributed by atoms with Gasteiger partial charge in [-0.3, -0.25) is 19.5 Å². The van der Waals surface area contributed by atoms with E-state index in [9.17, 15) is 14.4 Å². The van der Waals surface area contributed by atoms with E-state index in [1.54, 1.807) is 19.1 Å². The lowest BCUT2D eigenvalue weighted by Crippen LogP contribution is -2.58. The summed E-state index contributed by atoms with van der Waals surface area (Å²) in [5.41, 5.74) is 1.00. The highest BCUT2D eigenvalue weighted by atomic mass is 16.3. The number of hydrogen-bond donors (Lipinski definition) is 1. The van der Waals surface area contributed by atoms with Crippen molar-refractivity contribution < 1.29 is 18.8 Å². The van der Waals surface area contributed by atoms with Gasteiger partial charge in [-0.05, 0) is 19.1 Å². The van der Waals surface area contributed by atoms with Crippen LogP contribution in [-0.2, 0) is 16.1 Å². The fourth-order valence-electron chi connectivity index (χ4n) is 2.54. The molecule has 2 aromatic rings. The van der Waals surface area contributed by atoms with E-state index >= 15 is 0 Å². The van der Waals surface area contributed by atoms with E-state index in [0.717, 1.165) is 4.90 Å². The molecule has 4 amide bonds. The molecule has 1 saturated heterocycles. The third kappa shape index (κ3) is 3.35. The maximum absolute atomic E-state index is 12.3. The predicted octanol–water partition coefficient (Wildman–Crippen LogP) is 0.637. The number of likely N-dealkylation sites (N-methyl/N-ethyl adjacent to an activating group) is 1. The summed E-state index contributed by atoms with van der Waals surface area (Å²) in [5, 5.41) is 2.61. The Morgan fingerprint density at radius 1 is 1.24 bits per heavy atom. The number of imide groups is 1. The number of furan rings is 1. The van der Waals surface area contributed by atoms with Gasteiger partial charge in [0.25, 0.3) is 0 Å². The number of aromatic nitrogens is 2. The average Bonchev–Trinajstić information content (AvgIpc) is 3.16. The topological polar surface area (TPSA) is 109 Å². The van der Waals surface area contributed by atoms with E-state index in [4.69, 9.17) is 4.42 Å². The molecule has 1 fully saturated rings. The fraction of sp³-hybridized carbons (Fsp3) is 0.312. The van der Waals surface area contributed by atoms with Gasteiger partial charge in [0.2, 0.25) is 0 Å². The molecule has 0 aromatic carbocycles. The Balaban J connectivity index is 1.68. The molecule has 9 nitrogen and oxygen atoms in total. The Morgan fingerprint density at radius 2 is 2.04 bits per heavy atom. The van der Waals surface area contributed by atoms with Gasteiger partial charge in [0.1, 0.15) is 5.69 Å². The Hall–Kier alpha value is -3.23. The molecule has 3 rings (SSSR count). The van der Waals surface area contributed by atoms with Gasteiger partial charge < -0.3 is 14.6 Å². The van der Waals surface area contributed by atoms with Crippen molar-refractivity contribution in [2.75, 3.05) is 19.6 Å². The van der Waals surface area contributed by atoms with E-state index in [0.29, 0.717) is 30.2 Å². The molecule has 0 atom stereocenters.